The lowest BCUT2D eigenvalue weighted by Gasteiger charge is -2.14. The number of rotatable bonds is 5. The highest BCUT2D eigenvalue weighted by molar-refractivity contribution is 5.34. The molecule has 0 radical (unpaired) electrons. The molecule has 2 heterocycles. The second-order valence-electron chi connectivity index (χ2n) is 5.93. The Labute approximate surface area is 137 Å². The minimum atomic E-state index is -4.44. The summed E-state index contributed by atoms with van der Waals surface area (Å²) in [5.41, 5.74) is 0.684. The quantitative estimate of drug-likeness (QED) is 0.773. The van der Waals surface area contributed by atoms with Crippen molar-refractivity contribution in [3.8, 4) is 5.69 Å². The number of alkyl halides is 3. The summed E-state index contributed by atoms with van der Waals surface area (Å²) in [4.78, 5) is 0. The molecule has 0 aliphatic carbocycles. The zero-order valence-corrected chi connectivity index (χ0v) is 12.9. The number of β-amino-alcohol motifs (C(OH)–C–C–N with tert-alkyl or cyclic N) is 1. The molecule has 24 heavy (non-hydrogen) atoms. The van der Waals surface area contributed by atoms with Gasteiger partial charge in [-0.15, -0.1) is 0 Å². The van der Waals surface area contributed by atoms with Crippen LogP contribution in [0.15, 0.2) is 36.5 Å². The number of benzene rings is 1. The first-order valence-corrected chi connectivity index (χ1v) is 7.75. The molecule has 0 amide bonds. The molecule has 2 unspecified atom stereocenters. The van der Waals surface area contributed by atoms with Gasteiger partial charge in [0.05, 0.1) is 11.8 Å². The second-order valence-corrected chi connectivity index (χ2v) is 5.93. The van der Waals surface area contributed by atoms with E-state index in [1.807, 2.05) is 12.1 Å². The van der Waals surface area contributed by atoms with Gasteiger partial charge in [-0.05, 0) is 23.8 Å². The molecule has 2 atom stereocenters. The van der Waals surface area contributed by atoms with Gasteiger partial charge in [-0.2, -0.15) is 18.3 Å². The number of aromatic nitrogens is 2. The van der Waals surface area contributed by atoms with Crippen molar-refractivity contribution in [1.82, 2.24) is 20.4 Å². The topological polar surface area (TPSA) is 62.1 Å². The smallest absolute Gasteiger partial charge is 0.391 e. The number of halogens is 3. The van der Waals surface area contributed by atoms with Crippen LogP contribution in [0.25, 0.3) is 5.69 Å². The molecule has 3 N–H and O–H groups in total. The van der Waals surface area contributed by atoms with Crippen LogP contribution < -0.4 is 10.6 Å². The summed E-state index contributed by atoms with van der Waals surface area (Å²) in [6.45, 7) is 2.78. The Morgan fingerprint density at radius 1 is 1.21 bits per heavy atom. The van der Waals surface area contributed by atoms with Crippen LogP contribution in [0.4, 0.5) is 13.2 Å². The maximum absolute atomic E-state index is 12.6. The molecule has 5 nitrogen and oxygen atoms in total. The third-order valence-electron chi connectivity index (χ3n) is 4.12. The third kappa shape index (κ3) is 3.95. The largest absolute Gasteiger partial charge is 0.435 e. The van der Waals surface area contributed by atoms with E-state index in [4.69, 9.17) is 0 Å². The molecule has 0 bridgehead atoms. The van der Waals surface area contributed by atoms with Crippen molar-refractivity contribution in [2.24, 2.45) is 5.92 Å². The van der Waals surface area contributed by atoms with E-state index in [1.165, 1.54) is 10.9 Å². The molecule has 1 fully saturated rings. The van der Waals surface area contributed by atoms with Gasteiger partial charge in [0, 0.05) is 38.3 Å². The monoisotopic (exact) mass is 340 g/mol. The van der Waals surface area contributed by atoms with E-state index in [2.05, 4.69) is 15.7 Å². The van der Waals surface area contributed by atoms with E-state index < -0.39 is 11.9 Å². The first-order valence-electron chi connectivity index (χ1n) is 7.75. The van der Waals surface area contributed by atoms with Crippen molar-refractivity contribution in [1.29, 1.82) is 0 Å². The van der Waals surface area contributed by atoms with Crippen LogP contribution in [0, 0.1) is 5.92 Å². The summed E-state index contributed by atoms with van der Waals surface area (Å²) >= 11 is 0. The van der Waals surface area contributed by atoms with Crippen molar-refractivity contribution >= 4 is 0 Å². The van der Waals surface area contributed by atoms with Crippen molar-refractivity contribution in [2.75, 3.05) is 19.6 Å². The summed E-state index contributed by atoms with van der Waals surface area (Å²) in [7, 11) is 0. The van der Waals surface area contributed by atoms with Crippen LogP contribution >= 0.6 is 0 Å². The lowest BCUT2D eigenvalue weighted by Crippen LogP contribution is -2.30. The number of hydrogen-bond donors (Lipinski definition) is 3. The van der Waals surface area contributed by atoms with Gasteiger partial charge in [0.1, 0.15) is 0 Å². The predicted octanol–water partition coefficient (Wildman–Crippen LogP) is 1.56. The number of hydrogen-bond acceptors (Lipinski definition) is 4. The van der Waals surface area contributed by atoms with E-state index >= 15 is 0 Å². The molecular formula is C16H19F3N4O. The SMILES string of the molecule is OC1CNCC1CNCc1ccc(-n2ccc(C(F)(F)F)n2)cc1. The van der Waals surface area contributed by atoms with Crippen molar-refractivity contribution in [3.05, 3.63) is 47.8 Å². The van der Waals surface area contributed by atoms with Gasteiger partial charge < -0.3 is 15.7 Å². The number of aliphatic hydroxyl groups is 1. The fourth-order valence-electron chi connectivity index (χ4n) is 2.71. The van der Waals surface area contributed by atoms with Gasteiger partial charge in [-0.25, -0.2) is 4.68 Å². The fourth-order valence-corrected chi connectivity index (χ4v) is 2.71. The standard InChI is InChI=1S/C16H19F3N4O/c17-16(18,19)15-5-6-23(22-15)13-3-1-11(2-4-13)7-20-8-12-9-21-10-14(12)24/h1-6,12,14,20-21,24H,7-10H2. The molecule has 2 aromatic rings. The van der Waals surface area contributed by atoms with Gasteiger partial charge in [-0.1, -0.05) is 12.1 Å². The van der Waals surface area contributed by atoms with E-state index in [0.717, 1.165) is 18.2 Å². The van der Waals surface area contributed by atoms with Gasteiger partial charge in [0.2, 0.25) is 0 Å². The lowest BCUT2D eigenvalue weighted by atomic mass is 10.1. The zero-order valence-electron chi connectivity index (χ0n) is 12.9. The molecule has 1 aliphatic rings. The highest BCUT2D eigenvalue weighted by Gasteiger charge is 2.33. The molecule has 8 heteroatoms. The van der Waals surface area contributed by atoms with Gasteiger partial charge in [0.15, 0.2) is 5.69 Å². The Bertz CT molecular complexity index is 669. The Kier molecular flexibility index (Phi) is 4.88. The maximum atomic E-state index is 12.6. The van der Waals surface area contributed by atoms with E-state index in [-0.39, 0.29) is 12.0 Å². The van der Waals surface area contributed by atoms with Crippen molar-refractivity contribution < 1.29 is 18.3 Å². The number of aliphatic hydroxyl groups excluding tert-OH is 1. The molecule has 0 saturated carbocycles. The normalized spacial score (nSPS) is 21.3. The molecule has 1 aromatic heterocycles. The lowest BCUT2D eigenvalue weighted by molar-refractivity contribution is -0.141. The molecule has 130 valence electrons. The van der Waals surface area contributed by atoms with Gasteiger partial charge in [0.25, 0.3) is 0 Å². The number of nitrogens with zero attached hydrogens (tertiary/aromatic N) is 2. The highest BCUT2D eigenvalue weighted by atomic mass is 19.4. The van der Waals surface area contributed by atoms with E-state index in [1.54, 1.807) is 12.1 Å². The summed E-state index contributed by atoms with van der Waals surface area (Å²) in [6.07, 6.45) is -3.46. The average molecular weight is 340 g/mol. The molecule has 0 spiro atoms. The van der Waals surface area contributed by atoms with Gasteiger partial charge >= 0.3 is 6.18 Å². The van der Waals surface area contributed by atoms with Gasteiger partial charge in [-0.3, -0.25) is 0 Å². The van der Waals surface area contributed by atoms with E-state index in [9.17, 15) is 18.3 Å². The summed E-state index contributed by atoms with van der Waals surface area (Å²) < 4.78 is 38.9. The minimum absolute atomic E-state index is 0.203. The summed E-state index contributed by atoms with van der Waals surface area (Å²) in [5, 5.41) is 19.7. The van der Waals surface area contributed by atoms with Crippen LogP contribution in [0.1, 0.15) is 11.3 Å². The van der Waals surface area contributed by atoms with Crippen LogP contribution in [-0.4, -0.2) is 40.6 Å². The van der Waals surface area contributed by atoms with Crippen LogP contribution in [-0.2, 0) is 12.7 Å². The first-order chi connectivity index (χ1) is 11.4. The minimum Gasteiger partial charge on any atom is -0.391 e. The summed E-state index contributed by atoms with van der Waals surface area (Å²) in [5.74, 6) is 0.203. The molecule has 1 saturated heterocycles. The first kappa shape index (κ1) is 16.9. The van der Waals surface area contributed by atoms with Crippen LogP contribution in [0.5, 0.6) is 0 Å². The second kappa shape index (κ2) is 6.92. The summed E-state index contributed by atoms with van der Waals surface area (Å²) in [6, 6.07) is 8.11. The zero-order chi connectivity index (χ0) is 17.2. The van der Waals surface area contributed by atoms with Crippen LogP contribution in [0.2, 0.25) is 0 Å². The Balaban J connectivity index is 1.56. The number of nitrogens with one attached hydrogen (secondary N) is 2. The Morgan fingerprint density at radius 3 is 2.54 bits per heavy atom. The molecule has 1 aromatic carbocycles. The average Bonchev–Trinajstić information content (AvgIpc) is 3.17. The van der Waals surface area contributed by atoms with Crippen molar-refractivity contribution in [3.63, 3.8) is 0 Å². The third-order valence-corrected chi connectivity index (χ3v) is 4.12. The Hall–Kier alpha value is -1.90. The highest BCUT2D eigenvalue weighted by Crippen LogP contribution is 2.27. The van der Waals surface area contributed by atoms with E-state index in [0.29, 0.717) is 25.3 Å². The fraction of sp³-hybridized carbons (Fsp3) is 0.438. The van der Waals surface area contributed by atoms with Crippen molar-refractivity contribution in [2.45, 2.75) is 18.8 Å². The molecular weight excluding hydrogens is 321 g/mol. The predicted molar refractivity (Wildman–Crippen MR) is 82.6 cm³/mol. The molecule has 1 aliphatic heterocycles. The molecule has 3 rings (SSSR count). The Morgan fingerprint density at radius 2 is 1.96 bits per heavy atom. The van der Waals surface area contributed by atoms with Crippen LogP contribution in [0.3, 0.4) is 0 Å². The maximum Gasteiger partial charge on any atom is 0.435 e.